The van der Waals surface area contributed by atoms with Crippen LogP contribution in [0.5, 0.6) is 5.75 Å². The number of ether oxygens (including phenoxy) is 1. The van der Waals surface area contributed by atoms with Crippen LogP contribution in [0.1, 0.15) is 22.2 Å². The number of amides is 1. The van der Waals surface area contributed by atoms with Crippen molar-refractivity contribution in [3.8, 4) is 5.75 Å². The predicted octanol–water partition coefficient (Wildman–Crippen LogP) is 3.67. The van der Waals surface area contributed by atoms with Gasteiger partial charge in [0.15, 0.2) is 0 Å². The Hall–Kier alpha value is -1.66. The van der Waals surface area contributed by atoms with Crippen LogP contribution in [0.3, 0.4) is 0 Å². The van der Waals surface area contributed by atoms with E-state index >= 15 is 0 Å². The van der Waals surface area contributed by atoms with Crippen LogP contribution in [-0.2, 0) is 0 Å². The van der Waals surface area contributed by atoms with Crippen molar-refractivity contribution in [3.05, 3.63) is 50.6 Å². The number of carbonyl (C=O) groups excluding carboxylic acids is 1. The van der Waals surface area contributed by atoms with Gasteiger partial charge in [0.05, 0.1) is 17.3 Å². The number of rotatable bonds is 4. The van der Waals surface area contributed by atoms with E-state index in [0.717, 1.165) is 15.1 Å². The maximum absolute atomic E-state index is 12.0. The fourth-order valence-corrected chi connectivity index (χ4v) is 2.76. The van der Waals surface area contributed by atoms with E-state index in [1.165, 1.54) is 0 Å². The SMILES string of the molecule is COc1ccc(C(=O)N/N=C(\C)c2cccs2)cc1Br. The number of nitrogens with zero attached hydrogens (tertiary/aromatic N) is 1. The van der Waals surface area contributed by atoms with Crippen molar-refractivity contribution in [2.75, 3.05) is 7.11 Å². The summed E-state index contributed by atoms with van der Waals surface area (Å²) in [5.41, 5.74) is 3.84. The fourth-order valence-electron chi connectivity index (χ4n) is 1.55. The lowest BCUT2D eigenvalue weighted by molar-refractivity contribution is 0.0954. The number of benzene rings is 1. The minimum atomic E-state index is -0.260. The highest BCUT2D eigenvalue weighted by atomic mass is 79.9. The van der Waals surface area contributed by atoms with Crippen LogP contribution < -0.4 is 10.2 Å². The first-order valence-electron chi connectivity index (χ1n) is 5.84. The van der Waals surface area contributed by atoms with Crippen molar-refractivity contribution < 1.29 is 9.53 Å². The van der Waals surface area contributed by atoms with E-state index in [1.807, 2.05) is 24.4 Å². The van der Waals surface area contributed by atoms with Crippen LogP contribution in [-0.4, -0.2) is 18.7 Å². The highest BCUT2D eigenvalue weighted by Crippen LogP contribution is 2.25. The molecule has 1 amide bonds. The Kier molecular flexibility index (Phi) is 4.92. The molecule has 4 nitrogen and oxygen atoms in total. The number of hydrazone groups is 1. The Morgan fingerprint density at radius 2 is 2.20 bits per heavy atom. The number of hydrogen-bond acceptors (Lipinski definition) is 4. The average molecular weight is 353 g/mol. The van der Waals surface area contributed by atoms with Gasteiger partial charge in [-0.15, -0.1) is 11.3 Å². The summed E-state index contributed by atoms with van der Waals surface area (Å²) in [6, 6.07) is 9.02. The summed E-state index contributed by atoms with van der Waals surface area (Å²) in [5, 5.41) is 6.07. The molecule has 0 saturated heterocycles. The predicted molar refractivity (Wildman–Crippen MR) is 84.7 cm³/mol. The third kappa shape index (κ3) is 3.46. The van der Waals surface area contributed by atoms with Gasteiger partial charge in [0.1, 0.15) is 5.75 Å². The highest BCUT2D eigenvalue weighted by Gasteiger charge is 2.08. The van der Waals surface area contributed by atoms with E-state index in [0.29, 0.717) is 11.3 Å². The lowest BCUT2D eigenvalue weighted by atomic mass is 10.2. The first kappa shape index (κ1) is 14.7. The monoisotopic (exact) mass is 352 g/mol. The van der Waals surface area contributed by atoms with Crippen molar-refractivity contribution in [2.24, 2.45) is 5.10 Å². The highest BCUT2D eigenvalue weighted by molar-refractivity contribution is 9.10. The van der Waals surface area contributed by atoms with E-state index in [-0.39, 0.29) is 5.91 Å². The van der Waals surface area contributed by atoms with Crippen molar-refractivity contribution in [3.63, 3.8) is 0 Å². The summed E-state index contributed by atoms with van der Waals surface area (Å²) < 4.78 is 5.85. The van der Waals surface area contributed by atoms with Gasteiger partial charge in [-0.2, -0.15) is 5.10 Å². The maximum atomic E-state index is 12.0. The summed E-state index contributed by atoms with van der Waals surface area (Å²) in [7, 11) is 1.58. The Morgan fingerprint density at radius 1 is 1.40 bits per heavy atom. The molecular formula is C14H13BrN2O2S. The van der Waals surface area contributed by atoms with Crippen LogP contribution >= 0.6 is 27.3 Å². The smallest absolute Gasteiger partial charge is 0.271 e. The van der Waals surface area contributed by atoms with Gasteiger partial charge in [-0.1, -0.05) is 6.07 Å². The second-order valence-electron chi connectivity index (χ2n) is 3.96. The molecule has 0 saturated carbocycles. The number of methoxy groups -OCH3 is 1. The zero-order chi connectivity index (χ0) is 14.5. The summed E-state index contributed by atoms with van der Waals surface area (Å²) in [4.78, 5) is 13.0. The number of carbonyl (C=O) groups is 1. The molecule has 0 aliphatic carbocycles. The molecule has 1 heterocycles. The molecule has 2 aromatic rings. The first-order chi connectivity index (χ1) is 9.61. The molecule has 1 N–H and O–H groups in total. The second-order valence-corrected chi connectivity index (χ2v) is 5.77. The molecule has 0 fully saturated rings. The van der Waals surface area contributed by atoms with Gasteiger partial charge in [0, 0.05) is 10.4 Å². The minimum absolute atomic E-state index is 0.260. The lowest BCUT2D eigenvalue weighted by Gasteiger charge is -2.05. The van der Waals surface area contributed by atoms with Gasteiger partial charge in [-0.05, 0) is 52.5 Å². The van der Waals surface area contributed by atoms with E-state index in [1.54, 1.807) is 36.6 Å². The molecule has 2 rings (SSSR count). The van der Waals surface area contributed by atoms with Crippen molar-refractivity contribution >= 4 is 38.9 Å². The van der Waals surface area contributed by atoms with Gasteiger partial charge in [-0.3, -0.25) is 4.79 Å². The van der Waals surface area contributed by atoms with E-state index in [4.69, 9.17) is 4.74 Å². The molecule has 20 heavy (non-hydrogen) atoms. The summed E-state index contributed by atoms with van der Waals surface area (Å²) in [6.45, 7) is 1.86. The first-order valence-corrected chi connectivity index (χ1v) is 7.51. The Bertz CT molecular complexity index is 639. The molecule has 104 valence electrons. The Morgan fingerprint density at radius 3 is 2.80 bits per heavy atom. The average Bonchev–Trinajstić information content (AvgIpc) is 2.98. The van der Waals surface area contributed by atoms with Gasteiger partial charge >= 0.3 is 0 Å². The standard InChI is InChI=1S/C14H13BrN2O2S/c1-9(13-4-3-7-20-13)16-17-14(18)10-5-6-12(19-2)11(15)8-10/h3-8H,1-2H3,(H,17,18)/b16-9+. The fraction of sp³-hybridized carbons (Fsp3) is 0.143. The number of nitrogens with one attached hydrogen (secondary N) is 1. The zero-order valence-corrected chi connectivity index (χ0v) is 13.4. The molecule has 0 radical (unpaired) electrons. The van der Waals surface area contributed by atoms with Crippen molar-refractivity contribution in [1.29, 1.82) is 0 Å². The molecule has 6 heteroatoms. The Balaban J connectivity index is 2.09. The molecular weight excluding hydrogens is 340 g/mol. The maximum Gasteiger partial charge on any atom is 0.271 e. The molecule has 0 spiro atoms. The summed E-state index contributed by atoms with van der Waals surface area (Å²) in [6.07, 6.45) is 0. The van der Waals surface area contributed by atoms with Crippen LogP contribution in [0, 0.1) is 0 Å². The number of halogens is 1. The topological polar surface area (TPSA) is 50.7 Å². The van der Waals surface area contributed by atoms with Gasteiger partial charge in [0.2, 0.25) is 0 Å². The molecule has 1 aromatic heterocycles. The second kappa shape index (κ2) is 6.67. The summed E-state index contributed by atoms with van der Waals surface area (Å²) >= 11 is 4.93. The Labute approximate surface area is 129 Å². The number of thiophene rings is 1. The third-order valence-corrected chi connectivity index (χ3v) is 4.22. The molecule has 0 aliphatic heterocycles. The van der Waals surface area contributed by atoms with Crippen LogP contribution in [0.25, 0.3) is 0 Å². The molecule has 0 bridgehead atoms. The summed E-state index contributed by atoms with van der Waals surface area (Å²) in [5.74, 6) is 0.420. The largest absolute Gasteiger partial charge is 0.496 e. The third-order valence-electron chi connectivity index (χ3n) is 2.62. The van der Waals surface area contributed by atoms with Crippen LogP contribution in [0.4, 0.5) is 0 Å². The van der Waals surface area contributed by atoms with Crippen LogP contribution in [0.2, 0.25) is 0 Å². The lowest BCUT2D eigenvalue weighted by Crippen LogP contribution is -2.19. The molecule has 0 atom stereocenters. The normalized spacial score (nSPS) is 11.2. The van der Waals surface area contributed by atoms with Gasteiger partial charge < -0.3 is 4.74 Å². The van der Waals surface area contributed by atoms with Crippen LogP contribution in [0.15, 0.2) is 45.3 Å². The minimum Gasteiger partial charge on any atom is -0.496 e. The molecule has 0 aliphatic rings. The quantitative estimate of drug-likeness (QED) is 0.674. The number of hydrogen-bond donors (Lipinski definition) is 1. The zero-order valence-electron chi connectivity index (χ0n) is 11.0. The van der Waals surface area contributed by atoms with E-state index < -0.39 is 0 Å². The van der Waals surface area contributed by atoms with Crippen molar-refractivity contribution in [2.45, 2.75) is 6.92 Å². The van der Waals surface area contributed by atoms with Gasteiger partial charge in [-0.25, -0.2) is 5.43 Å². The molecule has 1 aromatic carbocycles. The van der Waals surface area contributed by atoms with Gasteiger partial charge in [0.25, 0.3) is 5.91 Å². The molecule has 0 unspecified atom stereocenters. The van der Waals surface area contributed by atoms with E-state index in [2.05, 4.69) is 26.5 Å². The van der Waals surface area contributed by atoms with E-state index in [9.17, 15) is 4.79 Å². The van der Waals surface area contributed by atoms with Crippen molar-refractivity contribution in [1.82, 2.24) is 5.43 Å².